The number of hydrogen-bond donors (Lipinski definition) is 2. The van der Waals surface area contributed by atoms with Crippen LogP contribution in [-0.4, -0.2) is 55.2 Å². The topological polar surface area (TPSA) is 70.7 Å². The van der Waals surface area contributed by atoms with Gasteiger partial charge in [0.1, 0.15) is 0 Å². The summed E-state index contributed by atoms with van der Waals surface area (Å²) in [4.78, 5) is 24.4. The van der Waals surface area contributed by atoms with Gasteiger partial charge in [-0.15, -0.1) is 0 Å². The van der Waals surface area contributed by atoms with Gasteiger partial charge < -0.3 is 15.4 Å². The van der Waals surface area contributed by atoms with E-state index in [4.69, 9.17) is 4.74 Å². The van der Waals surface area contributed by atoms with Crippen LogP contribution in [0.25, 0.3) is 0 Å². The van der Waals surface area contributed by atoms with E-state index in [0.717, 1.165) is 7.11 Å². The molecule has 138 valence electrons. The fraction of sp³-hybridized carbons (Fsp3) is 0.500. The Hall–Kier alpha value is -2.13. The highest BCUT2D eigenvalue weighted by molar-refractivity contribution is 5.93. The molecule has 1 unspecified atom stereocenters. The zero-order valence-corrected chi connectivity index (χ0v) is 13.9. The molecule has 1 aromatic rings. The number of carbonyl (C=O) groups is 2. The maximum atomic E-state index is 13.1. The number of halogens is 3. The Balaban J connectivity index is 1.90. The molecule has 0 radical (unpaired) electrons. The minimum Gasteiger partial charge on any atom is -0.367 e. The molecule has 1 saturated heterocycles. The molecule has 1 fully saturated rings. The number of ether oxygens (including phenoxy) is 1. The number of amides is 2. The van der Waals surface area contributed by atoms with Gasteiger partial charge in [-0.3, -0.25) is 14.5 Å². The third-order valence-electron chi connectivity index (χ3n) is 4.07. The molecule has 0 aliphatic carbocycles. The number of methoxy groups -OCH3 is 1. The number of anilines is 2. The lowest BCUT2D eigenvalue weighted by Crippen LogP contribution is -2.49. The van der Waals surface area contributed by atoms with Gasteiger partial charge in [0, 0.05) is 38.5 Å². The first-order valence-electron chi connectivity index (χ1n) is 7.67. The number of alkyl halides is 3. The van der Waals surface area contributed by atoms with E-state index in [-0.39, 0.29) is 32.0 Å². The van der Waals surface area contributed by atoms with Gasteiger partial charge in [0.25, 0.3) is 0 Å². The molecule has 1 aliphatic heterocycles. The van der Waals surface area contributed by atoms with Crippen molar-refractivity contribution in [3.05, 3.63) is 24.3 Å². The Morgan fingerprint density at radius 1 is 1.20 bits per heavy atom. The highest BCUT2D eigenvalue weighted by Gasteiger charge is 2.58. The quantitative estimate of drug-likeness (QED) is 0.846. The van der Waals surface area contributed by atoms with Gasteiger partial charge in [-0.2, -0.15) is 13.2 Å². The predicted octanol–water partition coefficient (Wildman–Crippen LogP) is 2.24. The van der Waals surface area contributed by atoms with Crippen LogP contribution in [0.5, 0.6) is 0 Å². The Morgan fingerprint density at radius 3 is 2.20 bits per heavy atom. The predicted molar refractivity (Wildman–Crippen MR) is 86.2 cm³/mol. The lowest BCUT2D eigenvalue weighted by atomic mass is 10.0. The first-order valence-corrected chi connectivity index (χ1v) is 7.67. The maximum Gasteiger partial charge on any atom is 0.418 e. The molecule has 0 spiro atoms. The van der Waals surface area contributed by atoms with E-state index in [9.17, 15) is 22.8 Å². The van der Waals surface area contributed by atoms with Gasteiger partial charge in [0.05, 0.1) is 6.54 Å². The van der Waals surface area contributed by atoms with Crippen LogP contribution in [0.15, 0.2) is 24.3 Å². The van der Waals surface area contributed by atoms with E-state index in [2.05, 4.69) is 10.6 Å². The molecule has 0 bridgehead atoms. The van der Waals surface area contributed by atoms with Gasteiger partial charge in [0.2, 0.25) is 11.8 Å². The summed E-state index contributed by atoms with van der Waals surface area (Å²) in [6.45, 7) is 0.978. The molecular weight excluding hydrogens is 339 g/mol. The second-order valence-corrected chi connectivity index (χ2v) is 5.96. The molecule has 1 aromatic carbocycles. The minimum atomic E-state index is -4.48. The lowest BCUT2D eigenvalue weighted by Gasteiger charge is -2.30. The second-order valence-electron chi connectivity index (χ2n) is 5.96. The largest absolute Gasteiger partial charge is 0.418 e. The van der Waals surface area contributed by atoms with Crippen molar-refractivity contribution in [2.75, 3.05) is 37.4 Å². The van der Waals surface area contributed by atoms with E-state index in [1.807, 2.05) is 0 Å². The van der Waals surface area contributed by atoms with Crippen molar-refractivity contribution >= 4 is 23.2 Å². The van der Waals surface area contributed by atoms with E-state index in [1.54, 1.807) is 24.3 Å². The number of benzene rings is 1. The smallest absolute Gasteiger partial charge is 0.367 e. The number of nitrogens with zero attached hydrogens (tertiary/aromatic N) is 1. The molecule has 25 heavy (non-hydrogen) atoms. The summed E-state index contributed by atoms with van der Waals surface area (Å²) < 4.78 is 44.1. The highest BCUT2D eigenvalue weighted by Crippen LogP contribution is 2.40. The van der Waals surface area contributed by atoms with E-state index >= 15 is 0 Å². The summed E-state index contributed by atoms with van der Waals surface area (Å²) in [5.74, 6) is -0.626. The molecule has 1 atom stereocenters. The zero-order chi connectivity index (χ0) is 18.7. The summed E-state index contributed by atoms with van der Waals surface area (Å²) in [6.07, 6.45) is -4.68. The first-order chi connectivity index (χ1) is 11.6. The molecule has 2 amide bonds. The molecule has 1 heterocycles. The molecule has 9 heteroatoms. The van der Waals surface area contributed by atoms with Crippen LogP contribution in [0.2, 0.25) is 0 Å². The molecule has 2 rings (SSSR count). The third kappa shape index (κ3) is 4.70. The van der Waals surface area contributed by atoms with Crippen LogP contribution in [0.3, 0.4) is 0 Å². The fourth-order valence-corrected chi connectivity index (χ4v) is 2.75. The minimum absolute atomic E-state index is 0.127. The average Bonchev–Trinajstić information content (AvgIpc) is 2.93. The van der Waals surface area contributed by atoms with Gasteiger partial charge in [-0.05, 0) is 30.7 Å². The summed E-state index contributed by atoms with van der Waals surface area (Å²) in [5.41, 5.74) is -1.14. The first kappa shape index (κ1) is 19.2. The van der Waals surface area contributed by atoms with E-state index in [1.165, 1.54) is 11.8 Å². The zero-order valence-electron chi connectivity index (χ0n) is 13.9. The molecule has 0 saturated carbocycles. The molecular formula is C16H20F3N3O3. The monoisotopic (exact) mass is 359 g/mol. The van der Waals surface area contributed by atoms with Crippen LogP contribution < -0.4 is 10.6 Å². The number of nitrogens with one attached hydrogen (secondary N) is 2. The van der Waals surface area contributed by atoms with Crippen LogP contribution in [-0.2, 0) is 14.3 Å². The second kappa shape index (κ2) is 7.40. The van der Waals surface area contributed by atoms with Crippen LogP contribution in [0, 0.1) is 0 Å². The number of likely N-dealkylation sites (tertiary alicyclic amines) is 1. The molecule has 0 aromatic heterocycles. The Morgan fingerprint density at radius 2 is 1.76 bits per heavy atom. The van der Waals surface area contributed by atoms with Gasteiger partial charge in [-0.1, -0.05) is 0 Å². The summed E-state index contributed by atoms with van der Waals surface area (Å²) in [6, 6.07) is 6.43. The molecule has 2 N–H and O–H groups in total. The van der Waals surface area contributed by atoms with Gasteiger partial charge >= 0.3 is 6.18 Å². The average molecular weight is 359 g/mol. The lowest BCUT2D eigenvalue weighted by molar-refractivity contribution is -0.263. The van der Waals surface area contributed by atoms with E-state index in [0.29, 0.717) is 11.4 Å². The van der Waals surface area contributed by atoms with Crippen LogP contribution in [0.4, 0.5) is 24.5 Å². The van der Waals surface area contributed by atoms with Gasteiger partial charge in [-0.25, -0.2) is 0 Å². The summed E-state index contributed by atoms with van der Waals surface area (Å²) in [7, 11) is 1.04. The number of carbonyl (C=O) groups excluding carboxylic acids is 2. The van der Waals surface area contributed by atoms with Crippen molar-refractivity contribution in [2.45, 2.75) is 25.1 Å². The SMILES string of the molecule is COC1(C(F)(F)F)CCN(CC(=O)Nc2ccc(NC(C)=O)cc2)C1. The number of hydrogen-bond acceptors (Lipinski definition) is 4. The van der Waals surface area contributed by atoms with Crippen molar-refractivity contribution in [1.82, 2.24) is 4.90 Å². The van der Waals surface area contributed by atoms with Crippen molar-refractivity contribution in [3.63, 3.8) is 0 Å². The normalized spacial score (nSPS) is 21.2. The number of rotatable bonds is 5. The summed E-state index contributed by atoms with van der Waals surface area (Å²) in [5, 5.41) is 5.21. The van der Waals surface area contributed by atoms with Crippen molar-refractivity contribution in [3.8, 4) is 0 Å². The van der Waals surface area contributed by atoms with E-state index < -0.39 is 17.7 Å². The van der Waals surface area contributed by atoms with Crippen molar-refractivity contribution in [2.24, 2.45) is 0 Å². The Bertz CT molecular complexity index is 634. The van der Waals surface area contributed by atoms with Gasteiger partial charge in [0.15, 0.2) is 5.60 Å². The summed E-state index contributed by atoms with van der Waals surface area (Å²) >= 11 is 0. The fourth-order valence-electron chi connectivity index (χ4n) is 2.75. The standard InChI is InChI=1S/C16H20F3N3O3/c1-11(23)20-12-3-5-13(6-4-12)21-14(24)9-22-8-7-15(10-22,25-2)16(17,18)19/h3-6H,7-10H2,1-2H3,(H,20,23)(H,21,24). The molecule has 6 nitrogen and oxygen atoms in total. The molecule has 1 aliphatic rings. The van der Waals surface area contributed by atoms with Crippen molar-refractivity contribution in [1.29, 1.82) is 0 Å². The Labute approximate surface area is 143 Å². The van der Waals surface area contributed by atoms with Crippen molar-refractivity contribution < 1.29 is 27.5 Å². The Kier molecular flexibility index (Phi) is 5.69. The third-order valence-corrected chi connectivity index (χ3v) is 4.07. The highest BCUT2D eigenvalue weighted by atomic mass is 19.4. The maximum absolute atomic E-state index is 13.1. The van der Waals surface area contributed by atoms with Crippen LogP contribution in [0.1, 0.15) is 13.3 Å². The van der Waals surface area contributed by atoms with Crippen LogP contribution >= 0.6 is 0 Å².